The van der Waals surface area contributed by atoms with Crippen molar-refractivity contribution in [2.24, 2.45) is 0 Å². The Morgan fingerprint density at radius 3 is 2.40 bits per heavy atom. The minimum absolute atomic E-state index is 0.561. The number of benzene rings is 1. The molecule has 80 valence electrons. The van der Waals surface area contributed by atoms with E-state index in [2.05, 4.69) is 0 Å². The molecule has 15 heavy (non-hydrogen) atoms. The average Bonchev–Trinajstić information content (AvgIpc) is 3.00. The lowest BCUT2D eigenvalue weighted by molar-refractivity contribution is -0.137. The molecule has 0 bridgehead atoms. The lowest BCUT2D eigenvalue weighted by Gasteiger charge is -2.09. The highest BCUT2D eigenvalue weighted by atomic mass is 32.2. The number of thioether (sulfide) groups is 1. The van der Waals surface area contributed by atoms with Gasteiger partial charge in [-0.2, -0.15) is 0 Å². The van der Waals surface area contributed by atoms with Gasteiger partial charge in [0.1, 0.15) is 10.5 Å². The Morgan fingerprint density at radius 2 is 2.00 bits per heavy atom. The number of hydrogen-bond acceptors (Lipinski definition) is 3. The number of ether oxygens (including phenoxy) is 1. The van der Waals surface area contributed by atoms with Crippen LogP contribution in [0.4, 0.5) is 0 Å². The second-order valence-corrected chi connectivity index (χ2v) is 5.03. The van der Waals surface area contributed by atoms with Crippen molar-refractivity contribution in [3.05, 3.63) is 24.3 Å². The van der Waals surface area contributed by atoms with Crippen LogP contribution in [0.2, 0.25) is 0 Å². The molecule has 1 aliphatic carbocycles. The fraction of sp³-hybridized carbons (Fsp3) is 0.364. The zero-order valence-electron chi connectivity index (χ0n) is 8.40. The number of hydrogen-bond donors (Lipinski definition) is 1. The zero-order chi connectivity index (χ0) is 10.9. The number of rotatable bonds is 4. The van der Waals surface area contributed by atoms with Gasteiger partial charge in [-0.25, -0.2) is 0 Å². The first-order chi connectivity index (χ1) is 7.16. The molecule has 3 nitrogen and oxygen atoms in total. The molecule has 0 heterocycles. The van der Waals surface area contributed by atoms with E-state index in [1.807, 2.05) is 24.3 Å². The van der Waals surface area contributed by atoms with E-state index >= 15 is 0 Å². The molecular formula is C11H12O3S. The van der Waals surface area contributed by atoms with Gasteiger partial charge in [0, 0.05) is 4.90 Å². The monoisotopic (exact) mass is 224 g/mol. The third kappa shape index (κ3) is 2.09. The van der Waals surface area contributed by atoms with Crippen molar-refractivity contribution in [2.75, 3.05) is 7.11 Å². The van der Waals surface area contributed by atoms with Crippen LogP contribution in [-0.2, 0) is 4.79 Å². The van der Waals surface area contributed by atoms with Crippen LogP contribution >= 0.6 is 11.8 Å². The smallest absolute Gasteiger partial charge is 0.320 e. The first kappa shape index (κ1) is 10.4. The molecule has 0 unspecified atom stereocenters. The van der Waals surface area contributed by atoms with Gasteiger partial charge in [-0.15, -0.1) is 11.8 Å². The van der Waals surface area contributed by atoms with Crippen LogP contribution in [0.5, 0.6) is 5.75 Å². The fourth-order valence-electron chi connectivity index (χ4n) is 1.34. The largest absolute Gasteiger partial charge is 0.497 e. The third-order valence-electron chi connectivity index (χ3n) is 2.47. The molecule has 0 amide bonds. The van der Waals surface area contributed by atoms with E-state index in [0.29, 0.717) is 0 Å². The van der Waals surface area contributed by atoms with Crippen molar-refractivity contribution >= 4 is 17.7 Å². The number of carboxylic acids is 1. The summed E-state index contributed by atoms with van der Waals surface area (Å²) in [5, 5.41) is 9.02. The summed E-state index contributed by atoms with van der Waals surface area (Å²) < 4.78 is 4.48. The quantitative estimate of drug-likeness (QED) is 0.853. The van der Waals surface area contributed by atoms with E-state index in [1.165, 1.54) is 11.8 Å². The van der Waals surface area contributed by atoms with Crippen molar-refractivity contribution in [3.8, 4) is 5.75 Å². The highest BCUT2D eigenvalue weighted by molar-refractivity contribution is 8.01. The number of aliphatic carboxylic acids is 1. The molecule has 1 aromatic carbocycles. The van der Waals surface area contributed by atoms with Crippen LogP contribution < -0.4 is 4.74 Å². The molecule has 1 N–H and O–H groups in total. The predicted molar refractivity (Wildman–Crippen MR) is 58.5 cm³/mol. The fourth-order valence-corrected chi connectivity index (χ4v) is 2.46. The minimum atomic E-state index is -0.705. The summed E-state index contributed by atoms with van der Waals surface area (Å²) >= 11 is 1.43. The van der Waals surface area contributed by atoms with E-state index in [-0.39, 0.29) is 0 Å². The standard InChI is InChI=1S/C11H12O3S/c1-14-8-2-4-9(5-3-8)15-11(6-7-11)10(12)13/h2-5H,6-7H2,1H3,(H,12,13). The maximum absolute atomic E-state index is 11.0. The molecule has 2 rings (SSSR count). The number of methoxy groups -OCH3 is 1. The summed E-state index contributed by atoms with van der Waals surface area (Å²) in [4.78, 5) is 11.9. The molecular weight excluding hydrogens is 212 g/mol. The Bertz CT molecular complexity index is 368. The van der Waals surface area contributed by atoms with E-state index in [0.717, 1.165) is 23.5 Å². The van der Waals surface area contributed by atoms with Gasteiger partial charge in [0.15, 0.2) is 0 Å². The minimum Gasteiger partial charge on any atom is -0.497 e. The van der Waals surface area contributed by atoms with Gasteiger partial charge in [0.05, 0.1) is 7.11 Å². The van der Waals surface area contributed by atoms with Crippen molar-refractivity contribution in [1.82, 2.24) is 0 Å². The Hall–Kier alpha value is -1.16. The zero-order valence-corrected chi connectivity index (χ0v) is 9.21. The second kappa shape index (κ2) is 3.77. The summed E-state index contributed by atoms with van der Waals surface area (Å²) in [5.74, 6) is 0.0860. The van der Waals surface area contributed by atoms with Crippen molar-refractivity contribution < 1.29 is 14.6 Å². The summed E-state index contributed by atoms with van der Waals surface area (Å²) in [6.07, 6.45) is 1.53. The van der Waals surface area contributed by atoms with Gasteiger partial charge in [-0.05, 0) is 37.1 Å². The molecule has 0 aliphatic heterocycles. The van der Waals surface area contributed by atoms with Crippen molar-refractivity contribution in [3.63, 3.8) is 0 Å². The Kier molecular flexibility index (Phi) is 2.61. The molecule has 0 saturated heterocycles. The number of carboxylic acid groups (broad SMARTS) is 1. The van der Waals surface area contributed by atoms with Crippen LogP contribution in [-0.4, -0.2) is 22.9 Å². The lowest BCUT2D eigenvalue weighted by atomic mass is 10.3. The normalized spacial score (nSPS) is 17.1. The Morgan fingerprint density at radius 1 is 1.40 bits per heavy atom. The second-order valence-electron chi connectivity index (χ2n) is 3.58. The van der Waals surface area contributed by atoms with Gasteiger partial charge >= 0.3 is 5.97 Å². The van der Waals surface area contributed by atoms with Crippen LogP contribution in [0.25, 0.3) is 0 Å². The molecule has 1 aromatic rings. The average molecular weight is 224 g/mol. The molecule has 0 atom stereocenters. The summed E-state index contributed by atoms with van der Waals surface area (Å²) in [6.45, 7) is 0. The Labute approximate surface area is 92.4 Å². The van der Waals surface area contributed by atoms with Gasteiger partial charge < -0.3 is 9.84 Å². The van der Waals surface area contributed by atoms with Gasteiger partial charge in [0.25, 0.3) is 0 Å². The van der Waals surface area contributed by atoms with Crippen LogP contribution in [0, 0.1) is 0 Å². The van der Waals surface area contributed by atoms with Gasteiger partial charge in [0.2, 0.25) is 0 Å². The van der Waals surface area contributed by atoms with Crippen molar-refractivity contribution in [2.45, 2.75) is 22.5 Å². The summed E-state index contributed by atoms with van der Waals surface area (Å²) in [6, 6.07) is 7.49. The highest BCUT2D eigenvalue weighted by Gasteiger charge is 2.51. The van der Waals surface area contributed by atoms with E-state index < -0.39 is 10.7 Å². The van der Waals surface area contributed by atoms with Crippen LogP contribution in [0.15, 0.2) is 29.2 Å². The third-order valence-corrected chi connectivity index (χ3v) is 3.95. The van der Waals surface area contributed by atoms with Crippen LogP contribution in [0.1, 0.15) is 12.8 Å². The maximum atomic E-state index is 11.0. The lowest BCUT2D eigenvalue weighted by Crippen LogP contribution is -2.16. The summed E-state index contributed by atoms with van der Waals surface area (Å²) in [5.41, 5.74) is 0. The van der Waals surface area contributed by atoms with Crippen LogP contribution in [0.3, 0.4) is 0 Å². The Balaban J connectivity index is 2.08. The first-order valence-electron chi connectivity index (χ1n) is 4.73. The SMILES string of the molecule is COc1ccc(SC2(C(=O)O)CC2)cc1. The molecule has 4 heteroatoms. The first-order valence-corrected chi connectivity index (χ1v) is 5.54. The van der Waals surface area contributed by atoms with Crippen molar-refractivity contribution in [1.29, 1.82) is 0 Å². The highest BCUT2D eigenvalue weighted by Crippen LogP contribution is 2.51. The predicted octanol–water partition coefficient (Wildman–Crippen LogP) is 2.40. The van der Waals surface area contributed by atoms with Gasteiger partial charge in [-0.1, -0.05) is 0 Å². The topological polar surface area (TPSA) is 46.5 Å². The molecule has 1 saturated carbocycles. The molecule has 1 fully saturated rings. The summed E-state index contributed by atoms with van der Waals surface area (Å²) in [7, 11) is 1.61. The van der Waals surface area contributed by atoms with E-state index in [1.54, 1.807) is 7.11 Å². The van der Waals surface area contributed by atoms with E-state index in [4.69, 9.17) is 9.84 Å². The molecule has 0 radical (unpaired) electrons. The number of carbonyl (C=O) groups is 1. The molecule has 0 spiro atoms. The van der Waals surface area contributed by atoms with E-state index in [9.17, 15) is 4.79 Å². The van der Waals surface area contributed by atoms with Gasteiger partial charge in [-0.3, -0.25) is 4.79 Å². The molecule has 0 aromatic heterocycles. The molecule has 1 aliphatic rings. The maximum Gasteiger partial charge on any atom is 0.320 e.